The van der Waals surface area contributed by atoms with Crippen molar-refractivity contribution in [1.82, 2.24) is 0 Å². The van der Waals surface area contributed by atoms with Crippen LogP contribution in [0.25, 0.3) is 11.1 Å². The summed E-state index contributed by atoms with van der Waals surface area (Å²) < 4.78 is 4.11. The molecule has 0 fully saturated rings. The fraction of sp³-hybridized carbons (Fsp3) is 0.444. The maximum Gasteiger partial charge on any atom is 0.329 e. The summed E-state index contributed by atoms with van der Waals surface area (Å²) in [5.41, 5.74) is 2.25. The number of hydrogen-bond acceptors (Lipinski definition) is 4. The molecule has 0 saturated heterocycles. The van der Waals surface area contributed by atoms with Crippen molar-refractivity contribution in [3.8, 4) is 11.1 Å². The van der Waals surface area contributed by atoms with Crippen molar-refractivity contribution in [1.29, 1.82) is 0 Å². The fourth-order valence-corrected chi connectivity index (χ4v) is 4.45. The second kappa shape index (κ2) is 8.98. The predicted octanol–water partition coefficient (Wildman–Crippen LogP) is 0.822. The highest BCUT2D eigenvalue weighted by atomic mass is 28.4. The summed E-state index contributed by atoms with van der Waals surface area (Å²) in [5, 5.41) is 0. The van der Waals surface area contributed by atoms with Crippen LogP contribution in [0.5, 0.6) is 0 Å². The lowest BCUT2D eigenvalue weighted by atomic mass is 10.1. The van der Waals surface area contributed by atoms with Gasteiger partial charge in [0, 0.05) is 37.1 Å². The molecule has 8 heteroatoms. The van der Waals surface area contributed by atoms with E-state index in [9.17, 15) is 19.2 Å². The van der Waals surface area contributed by atoms with Crippen LogP contribution in [0.1, 0.15) is 12.8 Å². The average Bonchev–Trinajstić information content (AvgIpc) is 2.54. The standard InChI is InChI=1S/C18H30N2O4Si2/c1-25(21,22)15-3-9-19-11-5-17(6-12-19)18-7-13-20(14-8-18)10-4-16-26(2,23)24/h5-8,11-14,21-24H,3-4,9-10,15-16H2,1-2H3/q+2. The van der Waals surface area contributed by atoms with Crippen LogP contribution < -0.4 is 9.13 Å². The van der Waals surface area contributed by atoms with Gasteiger partial charge in [0.05, 0.1) is 0 Å². The first kappa shape index (κ1) is 20.9. The van der Waals surface area contributed by atoms with Gasteiger partial charge in [-0.05, 0) is 36.3 Å². The first-order valence-electron chi connectivity index (χ1n) is 9.00. The Labute approximate surface area is 157 Å². The van der Waals surface area contributed by atoms with Gasteiger partial charge in [-0.25, -0.2) is 9.13 Å². The van der Waals surface area contributed by atoms with Crippen LogP contribution in [0, 0.1) is 0 Å². The van der Waals surface area contributed by atoms with E-state index in [1.807, 2.05) is 24.8 Å². The lowest BCUT2D eigenvalue weighted by Crippen LogP contribution is -2.36. The fourth-order valence-electron chi connectivity index (χ4n) is 2.79. The van der Waals surface area contributed by atoms with E-state index < -0.39 is 17.1 Å². The Bertz CT molecular complexity index is 619. The summed E-state index contributed by atoms with van der Waals surface area (Å²) in [4.78, 5) is 37.9. The van der Waals surface area contributed by atoms with Crippen LogP contribution in [-0.4, -0.2) is 36.3 Å². The van der Waals surface area contributed by atoms with Gasteiger partial charge < -0.3 is 19.2 Å². The molecule has 0 atom stereocenters. The van der Waals surface area contributed by atoms with E-state index in [-0.39, 0.29) is 0 Å². The van der Waals surface area contributed by atoms with Gasteiger partial charge in [0.15, 0.2) is 24.8 Å². The maximum atomic E-state index is 9.46. The molecule has 26 heavy (non-hydrogen) atoms. The molecule has 0 bridgehead atoms. The third kappa shape index (κ3) is 7.85. The lowest BCUT2D eigenvalue weighted by molar-refractivity contribution is -0.697. The van der Waals surface area contributed by atoms with Gasteiger partial charge in [-0.2, -0.15) is 0 Å². The van der Waals surface area contributed by atoms with Crippen LogP contribution >= 0.6 is 0 Å². The normalized spacial score (nSPS) is 12.4. The molecule has 2 heterocycles. The van der Waals surface area contributed by atoms with Crippen LogP contribution in [0.2, 0.25) is 25.2 Å². The van der Waals surface area contributed by atoms with Crippen molar-refractivity contribution in [2.45, 2.75) is 51.1 Å². The van der Waals surface area contributed by atoms with Crippen molar-refractivity contribution in [2.75, 3.05) is 0 Å². The largest absolute Gasteiger partial charge is 0.411 e. The first-order chi connectivity index (χ1) is 12.1. The summed E-state index contributed by atoms with van der Waals surface area (Å²) in [6, 6.07) is 9.19. The monoisotopic (exact) mass is 394 g/mol. The third-order valence-corrected chi connectivity index (χ3v) is 6.85. The molecule has 2 aromatic heterocycles. The van der Waals surface area contributed by atoms with Gasteiger partial charge in [-0.15, -0.1) is 0 Å². The second-order valence-corrected chi connectivity index (χ2v) is 13.2. The van der Waals surface area contributed by atoms with E-state index in [0.717, 1.165) is 37.1 Å². The van der Waals surface area contributed by atoms with Gasteiger partial charge in [0.25, 0.3) is 0 Å². The molecule has 4 N–H and O–H groups in total. The minimum Gasteiger partial charge on any atom is -0.411 e. The van der Waals surface area contributed by atoms with Crippen LogP contribution in [0.15, 0.2) is 49.1 Å². The minimum atomic E-state index is -2.94. The van der Waals surface area contributed by atoms with Gasteiger partial charge in [0.1, 0.15) is 13.1 Å². The van der Waals surface area contributed by atoms with E-state index in [1.165, 1.54) is 13.1 Å². The Balaban J connectivity index is 1.88. The third-order valence-electron chi connectivity index (χ3n) is 4.25. The smallest absolute Gasteiger partial charge is 0.329 e. The van der Waals surface area contributed by atoms with Crippen molar-refractivity contribution in [3.63, 3.8) is 0 Å². The molecule has 0 radical (unpaired) electrons. The Hall–Kier alpha value is -1.43. The zero-order valence-electron chi connectivity index (χ0n) is 15.5. The number of pyridine rings is 2. The van der Waals surface area contributed by atoms with Gasteiger partial charge in [-0.3, -0.25) is 0 Å². The highest BCUT2D eigenvalue weighted by molar-refractivity contribution is 6.63. The van der Waals surface area contributed by atoms with Crippen LogP contribution in [-0.2, 0) is 13.1 Å². The van der Waals surface area contributed by atoms with Crippen molar-refractivity contribution >= 4 is 17.1 Å². The molecule has 0 aromatic carbocycles. The number of rotatable bonds is 9. The molecule has 2 aromatic rings. The Morgan fingerprint density at radius 1 is 0.654 bits per heavy atom. The van der Waals surface area contributed by atoms with E-state index >= 15 is 0 Å². The molecule has 0 aliphatic heterocycles. The zero-order valence-corrected chi connectivity index (χ0v) is 17.5. The number of hydrogen-bond donors (Lipinski definition) is 4. The second-order valence-electron chi connectivity index (χ2n) is 7.29. The van der Waals surface area contributed by atoms with Gasteiger partial charge in [0.2, 0.25) is 0 Å². The topological polar surface area (TPSA) is 88.7 Å². The minimum absolute atomic E-state index is 0.481. The van der Waals surface area contributed by atoms with E-state index in [2.05, 4.69) is 33.4 Å². The quantitative estimate of drug-likeness (QED) is 0.375. The molecule has 0 saturated carbocycles. The molecule has 0 aliphatic rings. The van der Waals surface area contributed by atoms with Crippen molar-refractivity contribution < 1.29 is 28.3 Å². The molecule has 2 rings (SSSR count). The molecular formula is C18H30N2O4Si2+2. The Morgan fingerprint density at radius 2 is 0.962 bits per heavy atom. The number of nitrogens with zero attached hydrogens (tertiary/aromatic N) is 2. The predicted molar refractivity (Wildman–Crippen MR) is 103 cm³/mol. The molecule has 0 aliphatic carbocycles. The SMILES string of the molecule is C[Si](O)(O)CCC[n+]1ccc(-c2cc[n+](CCC[Si](C)(O)O)cc2)cc1. The maximum absolute atomic E-state index is 9.46. The van der Waals surface area contributed by atoms with E-state index in [4.69, 9.17) is 0 Å². The first-order valence-corrected chi connectivity index (χ1v) is 14.2. The molecular weight excluding hydrogens is 364 g/mol. The molecule has 0 spiro atoms. The molecule has 0 unspecified atom stereocenters. The summed E-state index contributed by atoms with van der Waals surface area (Å²) in [6.07, 6.45) is 9.56. The van der Waals surface area contributed by atoms with Crippen LogP contribution in [0.4, 0.5) is 0 Å². The Kier molecular flexibility index (Phi) is 7.21. The number of aryl methyl sites for hydroxylation is 2. The highest BCUT2D eigenvalue weighted by Gasteiger charge is 2.22. The molecule has 0 amide bonds. The van der Waals surface area contributed by atoms with Crippen LogP contribution in [0.3, 0.4) is 0 Å². The zero-order chi connectivity index (χ0) is 19.2. The highest BCUT2D eigenvalue weighted by Crippen LogP contribution is 2.16. The van der Waals surface area contributed by atoms with E-state index in [0.29, 0.717) is 12.1 Å². The summed E-state index contributed by atoms with van der Waals surface area (Å²) in [5.74, 6) is 0. The average molecular weight is 395 g/mol. The molecule has 6 nitrogen and oxygen atoms in total. The lowest BCUT2D eigenvalue weighted by Gasteiger charge is -2.09. The Morgan fingerprint density at radius 3 is 1.23 bits per heavy atom. The summed E-state index contributed by atoms with van der Waals surface area (Å²) >= 11 is 0. The van der Waals surface area contributed by atoms with Gasteiger partial charge >= 0.3 is 17.1 Å². The van der Waals surface area contributed by atoms with Gasteiger partial charge in [-0.1, -0.05) is 0 Å². The molecule has 142 valence electrons. The van der Waals surface area contributed by atoms with Crippen molar-refractivity contribution in [2.24, 2.45) is 0 Å². The summed E-state index contributed by atoms with van der Waals surface area (Å²) in [6.45, 7) is 4.63. The summed E-state index contributed by atoms with van der Waals surface area (Å²) in [7, 11) is -5.88. The number of aromatic nitrogens is 2. The van der Waals surface area contributed by atoms with E-state index in [1.54, 1.807) is 0 Å². The van der Waals surface area contributed by atoms with Crippen molar-refractivity contribution in [3.05, 3.63) is 49.1 Å².